The van der Waals surface area contributed by atoms with Crippen molar-refractivity contribution in [1.29, 1.82) is 0 Å². The summed E-state index contributed by atoms with van der Waals surface area (Å²) < 4.78 is 3.32. The summed E-state index contributed by atoms with van der Waals surface area (Å²) >= 11 is 3.60. The molecule has 0 spiro atoms. The first-order valence-corrected chi connectivity index (χ1v) is 5.80. The van der Waals surface area contributed by atoms with E-state index in [9.17, 15) is 5.11 Å². The van der Waals surface area contributed by atoms with Crippen LogP contribution in [0.3, 0.4) is 0 Å². The fourth-order valence-electron chi connectivity index (χ4n) is 1.94. The van der Waals surface area contributed by atoms with Crippen LogP contribution in [0.5, 0.6) is 5.75 Å². The summed E-state index contributed by atoms with van der Waals surface area (Å²) in [6.07, 6.45) is 0. The largest absolute Gasteiger partial charge is 0.508 e. The monoisotopic (exact) mass is 267 g/mol. The van der Waals surface area contributed by atoms with Crippen LogP contribution >= 0.6 is 15.9 Å². The molecule has 0 radical (unpaired) electrons. The van der Waals surface area contributed by atoms with Gasteiger partial charge < -0.3 is 9.67 Å². The number of phenolic OH excluding ortho intramolecular Hbond substituents is 1. The number of fused-ring (bicyclic) bond motifs is 1. The molecule has 0 aliphatic carbocycles. The second-order valence-electron chi connectivity index (χ2n) is 4.08. The molecule has 0 fully saturated rings. The average Bonchev–Trinajstić information content (AvgIpc) is 2.41. The summed E-state index contributed by atoms with van der Waals surface area (Å²) in [5, 5.41) is 10.6. The summed E-state index contributed by atoms with van der Waals surface area (Å²) in [5.74, 6) is 0.319. The SMILES string of the molecule is Cc1c(Br)n(C(C)C)c2ccc(O)cc12. The van der Waals surface area contributed by atoms with Gasteiger partial charge in [0, 0.05) is 16.9 Å². The number of phenols is 1. The molecule has 1 aromatic carbocycles. The Morgan fingerprint density at radius 3 is 2.60 bits per heavy atom. The summed E-state index contributed by atoms with van der Waals surface area (Å²) in [7, 11) is 0. The second kappa shape index (κ2) is 3.56. The predicted octanol–water partition coefficient (Wildman–Crippen LogP) is 4.00. The maximum Gasteiger partial charge on any atom is 0.116 e. The first-order chi connectivity index (χ1) is 7.02. The number of nitrogens with zero attached hydrogens (tertiary/aromatic N) is 1. The molecule has 0 saturated heterocycles. The van der Waals surface area contributed by atoms with E-state index in [0.717, 1.165) is 15.5 Å². The molecule has 3 heteroatoms. The van der Waals surface area contributed by atoms with Crippen molar-refractivity contribution in [2.45, 2.75) is 26.8 Å². The molecule has 1 N–H and O–H groups in total. The minimum atomic E-state index is 0.319. The van der Waals surface area contributed by atoms with Gasteiger partial charge in [-0.15, -0.1) is 0 Å². The van der Waals surface area contributed by atoms with E-state index < -0.39 is 0 Å². The number of hydrogen-bond acceptors (Lipinski definition) is 1. The maximum atomic E-state index is 9.47. The Morgan fingerprint density at radius 1 is 1.33 bits per heavy atom. The number of aromatic nitrogens is 1. The van der Waals surface area contributed by atoms with Gasteiger partial charge in [-0.25, -0.2) is 0 Å². The van der Waals surface area contributed by atoms with Crippen LogP contribution in [0.25, 0.3) is 10.9 Å². The van der Waals surface area contributed by atoms with E-state index in [2.05, 4.69) is 41.3 Å². The van der Waals surface area contributed by atoms with Crippen molar-refractivity contribution in [1.82, 2.24) is 4.57 Å². The highest BCUT2D eigenvalue weighted by atomic mass is 79.9. The molecule has 0 amide bonds. The lowest BCUT2D eigenvalue weighted by atomic mass is 10.2. The molecule has 1 heterocycles. The lowest BCUT2D eigenvalue weighted by molar-refractivity contribution is 0.476. The molecular weight excluding hydrogens is 254 g/mol. The van der Waals surface area contributed by atoms with Gasteiger partial charge in [-0.3, -0.25) is 0 Å². The smallest absolute Gasteiger partial charge is 0.116 e. The van der Waals surface area contributed by atoms with Crippen LogP contribution in [0, 0.1) is 6.92 Å². The zero-order valence-corrected chi connectivity index (χ0v) is 10.7. The van der Waals surface area contributed by atoms with E-state index in [4.69, 9.17) is 0 Å². The lowest BCUT2D eigenvalue weighted by Crippen LogP contribution is -2.00. The fourth-order valence-corrected chi connectivity index (χ4v) is 2.75. The Morgan fingerprint density at radius 2 is 2.00 bits per heavy atom. The maximum absolute atomic E-state index is 9.47. The van der Waals surface area contributed by atoms with Gasteiger partial charge in [-0.1, -0.05) is 0 Å². The number of hydrogen-bond donors (Lipinski definition) is 1. The van der Waals surface area contributed by atoms with Crippen molar-refractivity contribution >= 4 is 26.8 Å². The Hall–Kier alpha value is -0.960. The van der Waals surface area contributed by atoms with Crippen molar-refractivity contribution in [2.75, 3.05) is 0 Å². The predicted molar refractivity (Wildman–Crippen MR) is 66.4 cm³/mol. The highest BCUT2D eigenvalue weighted by Gasteiger charge is 2.14. The van der Waals surface area contributed by atoms with E-state index in [1.54, 1.807) is 6.07 Å². The molecule has 0 atom stereocenters. The van der Waals surface area contributed by atoms with Crippen molar-refractivity contribution in [2.24, 2.45) is 0 Å². The Balaban J connectivity index is 2.87. The van der Waals surface area contributed by atoms with Crippen LogP contribution in [0.4, 0.5) is 0 Å². The molecule has 0 bridgehead atoms. The van der Waals surface area contributed by atoms with Crippen LogP contribution in [0.1, 0.15) is 25.5 Å². The van der Waals surface area contributed by atoms with E-state index in [-0.39, 0.29) is 0 Å². The van der Waals surface area contributed by atoms with Crippen LogP contribution in [-0.4, -0.2) is 9.67 Å². The second-order valence-corrected chi connectivity index (χ2v) is 4.83. The minimum absolute atomic E-state index is 0.319. The highest BCUT2D eigenvalue weighted by Crippen LogP contribution is 2.34. The molecular formula is C12H14BrNO. The van der Waals surface area contributed by atoms with Gasteiger partial charge in [0.25, 0.3) is 0 Å². The van der Waals surface area contributed by atoms with E-state index in [1.807, 2.05) is 12.1 Å². The summed E-state index contributed by atoms with van der Waals surface area (Å²) in [6.45, 7) is 6.36. The van der Waals surface area contributed by atoms with Crippen LogP contribution in [0.2, 0.25) is 0 Å². The quantitative estimate of drug-likeness (QED) is 0.830. The van der Waals surface area contributed by atoms with Gasteiger partial charge in [-0.05, 0) is 60.5 Å². The van der Waals surface area contributed by atoms with Gasteiger partial charge in [0.05, 0.1) is 4.60 Å². The first kappa shape index (κ1) is 10.6. The van der Waals surface area contributed by atoms with Crippen LogP contribution < -0.4 is 0 Å². The van der Waals surface area contributed by atoms with Crippen molar-refractivity contribution in [3.63, 3.8) is 0 Å². The van der Waals surface area contributed by atoms with Gasteiger partial charge in [0.1, 0.15) is 5.75 Å². The summed E-state index contributed by atoms with van der Waals surface area (Å²) in [4.78, 5) is 0. The van der Waals surface area contributed by atoms with Crippen molar-refractivity contribution in [3.05, 3.63) is 28.4 Å². The third-order valence-electron chi connectivity index (χ3n) is 2.68. The molecule has 80 valence electrons. The highest BCUT2D eigenvalue weighted by molar-refractivity contribution is 9.10. The van der Waals surface area contributed by atoms with Crippen LogP contribution in [0.15, 0.2) is 22.8 Å². The van der Waals surface area contributed by atoms with Gasteiger partial charge >= 0.3 is 0 Å². The number of benzene rings is 1. The molecule has 2 rings (SSSR count). The average molecular weight is 268 g/mol. The summed E-state index contributed by atoms with van der Waals surface area (Å²) in [5.41, 5.74) is 2.33. The molecule has 0 unspecified atom stereocenters. The molecule has 0 aliphatic rings. The van der Waals surface area contributed by atoms with Gasteiger partial charge in [-0.2, -0.15) is 0 Å². The Labute approximate surface area is 97.7 Å². The topological polar surface area (TPSA) is 25.2 Å². The molecule has 0 aliphatic heterocycles. The minimum Gasteiger partial charge on any atom is -0.508 e. The normalized spacial score (nSPS) is 11.5. The standard InChI is InChI=1S/C12H14BrNO/c1-7(2)14-11-5-4-9(15)6-10(11)8(3)12(14)13/h4-7,15H,1-3H3. The van der Waals surface area contributed by atoms with Crippen LogP contribution in [-0.2, 0) is 0 Å². The number of aromatic hydroxyl groups is 1. The van der Waals surface area contributed by atoms with Crippen molar-refractivity contribution in [3.8, 4) is 5.75 Å². The molecule has 2 nitrogen and oxygen atoms in total. The molecule has 0 saturated carbocycles. The molecule has 1 aromatic heterocycles. The Kier molecular flexibility index (Phi) is 2.51. The number of rotatable bonds is 1. The van der Waals surface area contributed by atoms with Crippen molar-refractivity contribution < 1.29 is 5.11 Å². The van der Waals surface area contributed by atoms with E-state index in [1.165, 1.54) is 5.56 Å². The number of aryl methyl sites for hydroxylation is 1. The molecule has 2 aromatic rings. The van der Waals surface area contributed by atoms with Gasteiger partial charge in [0.2, 0.25) is 0 Å². The molecule has 15 heavy (non-hydrogen) atoms. The third kappa shape index (κ3) is 1.55. The zero-order chi connectivity index (χ0) is 11.2. The van der Waals surface area contributed by atoms with E-state index in [0.29, 0.717) is 11.8 Å². The fraction of sp³-hybridized carbons (Fsp3) is 0.333. The Bertz CT molecular complexity index is 514. The third-order valence-corrected chi connectivity index (χ3v) is 3.66. The van der Waals surface area contributed by atoms with Gasteiger partial charge in [0.15, 0.2) is 0 Å². The zero-order valence-electron chi connectivity index (χ0n) is 9.08. The lowest BCUT2D eigenvalue weighted by Gasteiger charge is -2.11. The first-order valence-electron chi connectivity index (χ1n) is 5.01. The number of halogens is 1. The van der Waals surface area contributed by atoms with E-state index >= 15 is 0 Å². The summed E-state index contributed by atoms with van der Waals surface area (Å²) in [6, 6.07) is 5.91.